The monoisotopic (exact) mass is 303 g/mol. The lowest BCUT2D eigenvalue weighted by Gasteiger charge is -2.12. The van der Waals surface area contributed by atoms with Gasteiger partial charge in [-0.3, -0.25) is 4.79 Å². The molecule has 1 aromatic heterocycles. The summed E-state index contributed by atoms with van der Waals surface area (Å²) in [6.07, 6.45) is 1.58. The van der Waals surface area contributed by atoms with Crippen LogP contribution in [0.2, 0.25) is 0 Å². The maximum Gasteiger partial charge on any atom is 0.251 e. The first-order valence-electron chi connectivity index (χ1n) is 6.81. The molecule has 116 valence electrons. The van der Waals surface area contributed by atoms with Crippen molar-refractivity contribution in [3.8, 4) is 0 Å². The number of amides is 1. The average molecular weight is 303 g/mol. The molecular formula is C16H18FN3O2. The van der Waals surface area contributed by atoms with Gasteiger partial charge in [0.25, 0.3) is 5.91 Å². The predicted molar refractivity (Wildman–Crippen MR) is 82.1 cm³/mol. The third-order valence-electron chi connectivity index (χ3n) is 3.20. The number of benzene rings is 1. The lowest BCUT2D eigenvalue weighted by molar-refractivity contribution is 0.0951. The van der Waals surface area contributed by atoms with Gasteiger partial charge in [0.15, 0.2) is 0 Å². The minimum absolute atomic E-state index is 0.213. The van der Waals surface area contributed by atoms with Crippen LogP contribution in [0.4, 0.5) is 10.2 Å². The maximum absolute atomic E-state index is 13.3. The Kier molecular flexibility index (Phi) is 5.06. The van der Waals surface area contributed by atoms with E-state index in [9.17, 15) is 9.18 Å². The molecular weight excluding hydrogens is 285 g/mol. The summed E-state index contributed by atoms with van der Waals surface area (Å²) in [6.45, 7) is -0.115. The topological polar surface area (TPSA) is 65.5 Å². The molecule has 0 atom stereocenters. The Morgan fingerprint density at radius 1 is 1.32 bits per heavy atom. The van der Waals surface area contributed by atoms with Gasteiger partial charge < -0.3 is 15.3 Å². The summed E-state index contributed by atoms with van der Waals surface area (Å²) < 4.78 is 13.3. The molecule has 0 radical (unpaired) electrons. The fourth-order valence-electron chi connectivity index (χ4n) is 1.95. The van der Waals surface area contributed by atoms with E-state index in [1.54, 1.807) is 24.4 Å². The quantitative estimate of drug-likeness (QED) is 0.882. The Morgan fingerprint density at radius 2 is 2.09 bits per heavy atom. The van der Waals surface area contributed by atoms with Crippen molar-refractivity contribution in [3.05, 3.63) is 59.0 Å². The molecule has 1 aromatic carbocycles. The zero-order valence-corrected chi connectivity index (χ0v) is 12.5. The number of hydrogen-bond acceptors (Lipinski definition) is 4. The molecule has 0 saturated carbocycles. The maximum atomic E-state index is 13.3. The number of nitrogens with zero attached hydrogens (tertiary/aromatic N) is 2. The summed E-state index contributed by atoms with van der Waals surface area (Å²) in [7, 11) is 3.69. The molecule has 0 saturated heterocycles. The molecule has 5 nitrogen and oxygen atoms in total. The summed E-state index contributed by atoms with van der Waals surface area (Å²) in [5.74, 6) is -0.000271. The second-order valence-electron chi connectivity index (χ2n) is 5.06. The molecule has 2 rings (SSSR count). The number of carbonyl (C=O) groups is 1. The van der Waals surface area contributed by atoms with E-state index in [2.05, 4.69) is 10.3 Å². The molecule has 0 aliphatic carbocycles. The van der Waals surface area contributed by atoms with Gasteiger partial charge >= 0.3 is 0 Å². The number of halogens is 1. The first-order chi connectivity index (χ1) is 10.5. The molecule has 0 unspecified atom stereocenters. The Morgan fingerprint density at radius 3 is 2.77 bits per heavy atom. The molecule has 2 aromatic rings. The molecule has 0 aliphatic heterocycles. The van der Waals surface area contributed by atoms with Crippen LogP contribution >= 0.6 is 0 Å². The number of aromatic nitrogens is 1. The lowest BCUT2D eigenvalue weighted by Crippen LogP contribution is -2.23. The highest BCUT2D eigenvalue weighted by Crippen LogP contribution is 2.12. The third-order valence-corrected chi connectivity index (χ3v) is 3.20. The highest BCUT2D eigenvalue weighted by atomic mass is 19.1. The summed E-state index contributed by atoms with van der Waals surface area (Å²) in [5, 5.41) is 11.8. The van der Waals surface area contributed by atoms with Crippen molar-refractivity contribution < 1.29 is 14.3 Å². The van der Waals surface area contributed by atoms with Crippen LogP contribution < -0.4 is 10.2 Å². The van der Waals surface area contributed by atoms with Crippen molar-refractivity contribution in [1.82, 2.24) is 10.3 Å². The minimum atomic E-state index is -0.456. The lowest BCUT2D eigenvalue weighted by atomic mass is 10.1. The van der Waals surface area contributed by atoms with E-state index in [0.29, 0.717) is 11.4 Å². The number of aliphatic hydroxyl groups is 1. The van der Waals surface area contributed by atoms with Gasteiger partial charge in [0, 0.05) is 38.0 Å². The van der Waals surface area contributed by atoms with Crippen LogP contribution in [0.3, 0.4) is 0 Å². The Hall–Kier alpha value is -2.47. The van der Waals surface area contributed by atoms with Crippen molar-refractivity contribution in [3.63, 3.8) is 0 Å². The van der Waals surface area contributed by atoms with E-state index in [1.807, 2.05) is 19.0 Å². The fraction of sp³-hybridized carbons (Fsp3) is 0.250. The van der Waals surface area contributed by atoms with Crippen molar-refractivity contribution in [2.45, 2.75) is 13.2 Å². The number of rotatable bonds is 5. The molecule has 1 heterocycles. The second kappa shape index (κ2) is 7.00. The minimum Gasteiger partial charge on any atom is -0.392 e. The number of anilines is 1. The Bertz CT molecular complexity index is 674. The zero-order valence-electron chi connectivity index (χ0n) is 12.5. The Labute approximate surface area is 128 Å². The van der Waals surface area contributed by atoms with Crippen molar-refractivity contribution in [2.24, 2.45) is 0 Å². The molecule has 0 bridgehead atoms. The molecule has 22 heavy (non-hydrogen) atoms. The van der Waals surface area contributed by atoms with Crippen LogP contribution in [0.25, 0.3) is 0 Å². The SMILES string of the molecule is CN(C)c1cc(C(=O)NCc2ccc(F)c(CO)c2)ccn1. The smallest absolute Gasteiger partial charge is 0.251 e. The number of carbonyl (C=O) groups excluding carboxylic acids is 1. The van der Waals surface area contributed by atoms with Crippen molar-refractivity contribution in [2.75, 3.05) is 19.0 Å². The third kappa shape index (κ3) is 3.79. The predicted octanol–water partition coefficient (Wildman–Crippen LogP) is 1.71. The van der Waals surface area contributed by atoms with Gasteiger partial charge in [-0.15, -0.1) is 0 Å². The van der Waals surface area contributed by atoms with E-state index in [0.717, 1.165) is 5.56 Å². The first kappa shape index (κ1) is 15.9. The highest BCUT2D eigenvalue weighted by Gasteiger charge is 2.08. The summed E-state index contributed by atoms with van der Waals surface area (Å²) in [6, 6.07) is 7.72. The van der Waals surface area contributed by atoms with Crippen molar-refractivity contribution in [1.29, 1.82) is 0 Å². The molecule has 6 heteroatoms. The number of hydrogen-bond donors (Lipinski definition) is 2. The standard InChI is InChI=1S/C16H18FN3O2/c1-20(2)15-8-12(5-6-18-15)16(22)19-9-11-3-4-14(17)13(7-11)10-21/h3-8,21H,9-10H2,1-2H3,(H,19,22). The van der Waals surface area contributed by atoms with Gasteiger partial charge in [0.2, 0.25) is 0 Å². The zero-order chi connectivity index (χ0) is 16.1. The van der Waals surface area contributed by atoms with Crippen LogP contribution in [0.5, 0.6) is 0 Å². The van der Waals surface area contributed by atoms with Crippen molar-refractivity contribution >= 4 is 11.7 Å². The van der Waals surface area contributed by atoms with Gasteiger partial charge in [0.1, 0.15) is 11.6 Å². The number of pyridine rings is 1. The molecule has 0 aliphatic rings. The second-order valence-corrected chi connectivity index (χ2v) is 5.06. The summed E-state index contributed by atoms with van der Waals surface area (Å²) >= 11 is 0. The van der Waals surface area contributed by atoms with Gasteiger partial charge in [-0.05, 0) is 29.8 Å². The van der Waals surface area contributed by atoms with Crippen LogP contribution in [0.15, 0.2) is 36.5 Å². The largest absolute Gasteiger partial charge is 0.392 e. The van der Waals surface area contributed by atoms with E-state index >= 15 is 0 Å². The Balaban J connectivity index is 2.05. The molecule has 0 spiro atoms. The molecule has 2 N–H and O–H groups in total. The van der Waals surface area contributed by atoms with Gasteiger partial charge in [-0.25, -0.2) is 9.37 Å². The molecule has 1 amide bonds. The van der Waals surface area contributed by atoms with Crippen LogP contribution in [0.1, 0.15) is 21.5 Å². The van der Waals surface area contributed by atoms with E-state index in [4.69, 9.17) is 5.11 Å². The normalized spacial score (nSPS) is 10.4. The number of nitrogens with one attached hydrogen (secondary N) is 1. The fourth-order valence-corrected chi connectivity index (χ4v) is 1.95. The van der Waals surface area contributed by atoms with E-state index in [1.165, 1.54) is 12.1 Å². The first-order valence-corrected chi connectivity index (χ1v) is 6.81. The van der Waals surface area contributed by atoms with Crippen LogP contribution in [-0.2, 0) is 13.2 Å². The molecule has 0 fully saturated rings. The summed E-state index contributed by atoms with van der Waals surface area (Å²) in [5.41, 5.74) is 1.44. The van der Waals surface area contributed by atoms with E-state index in [-0.39, 0.29) is 24.6 Å². The van der Waals surface area contributed by atoms with Crippen LogP contribution in [0, 0.1) is 5.82 Å². The average Bonchev–Trinajstić information content (AvgIpc) is 2.53. The van der Waals surface area contributed by atoms with Crippen LogP contribution in [-0.4, -0.2) is 30.1 Å². The van der Waals surface area contributed by atoms with Gasteiger partial charge in [-0.2, -0.15) is 0 Å². The van der Waals surface area contributed by atoms with Gasteiger partial charge in [-0.1, -0.05) is 6.07 Å². The van der Waals surface area contributed by atoms with E-state index < -0.39 is 5.82 Å². The highest BCUT2D eigenvalue weighted by molar-refractivity contribution is 5.94. The summed E-state index contributed by atoms with van der Waals surface area (Å²) in [4.78, 5) is 18.1. The number of aliphatic hydroxyl groups excluding tert-OH is 1. The van der Waals surface area contributed by atoms with Gasteiger partial charge in [0.05, 0.1) is 6.61 Å².